The summed E-state index contributed by atoms with van der Waals surface area (Å²) in [6.45, 7) is 6.79. The highest BCUT2D eigenvalue weighted by atomic mass is 32.1. The summed E-state index contributed by atoms with van der Waals surface area (Å²) in [6.07, 6.45) is 1.96. The smallest absolute Gasteiger partial charge is 0.284 e. The van der Waals surface area contributed by atoms with E-state index in [1.165, 1.54) is 22.7 Å². The minimum atomic E-state index is -0.233. The molecular weight excluding hydrogens is 541 g/mol. The molecule has 6 rings (SSSR count). The fraction of sp³-hybridized carbons (Fsp3) is 0.267. The van der Waals surface area contributed by atoms with Gasteiger partial charge in [0.2, 0.25) is 0 Å². The van der Waals surface area contributed by atoms with E-state index in [1.807, 2.05) is 66.2 Å². The lowest BCUT2D eigenvalue weighted by molar-refractivity contribution is 0.0938. The van der Waals surface area contributed by atoms with Crippen LogP contribution in [0.2, 0.25) is 0 Å². The number of pyridine rings is 1. The molecule has 3 aromatic heterocycles. The number of aromatic nitrogens is 3. The van der Waals surface area contributed by atoms with Gasteiger partial charge in [-0.1, -0.05) is 53.8 Å². The van der Waals surface area contributed by atoms with E-state index < -0.39 is 0 Å². The quantitative estimate of drug-likeness (QED) is 0.251. The number of nitrogens with zero attached hydrogens (tertiary/aromatic N) is 5. The number of hydrogen-bond donors (Lipinski definition) is 1. The van der Waals surface area contributed by atoms with Crippen LogP contribution in [0.3, 0.4) is 0 Å². The van der Waals surface area contributed by atoms with E-state index in [4.69, 9.17) is 14.7 Å². The van der Waals surface area contributed by atoms with Crippen LogP contribution in [0.4, 0.5) is 5.69 Å². The van der Waals surface area contributed by atoms with E-state index in [0.717, 1.165) is 83.6 Å². The van der Waals surface area contributed by atoms with Crippen molar-refractivity contribution >= 4 is 44.6 Å². The second kappa shape index (κ2) is 12.3. The standard InChI is InChI=1S/C30H30N6O2S2/c1-38-16-15-35-11-13-36(14-12-35)19-21-17-25-29(31-18-21)40-28(33-25)23-9-5-6-10-24(23)32-27(37)30-34-26(20-39-30)22-7-3-2-4-8-22/h2-10,17-18,20H,11-16,19H2,1H3,(H,32,37). The predicted octanol–water partition coefficient (Wildman–Crippen LogP) is 5.50. The van der Waals surface area contributed by atoms with Crippen molar-refractivity contribution in [1.82, 2.24) is 24.8 Å². The molecule has 0 bridgehead atoms. The van der Waals surface area contributed by atoms with Crippen molar-refractivity contribution in [2.24, 2.45) is 0 Å². The number of ether oxygens (including phenoxy) is 1. The van der Waals surface area contributed by atoms with Gasteiger partial charge in [-0.25, -0.2) is 15.0 Å². The first kappa shape index (κ1) is 26.7. The maximum Gasteiger partial charge on any atom is 0.284 e. The molecule has 40 heavy (non-hydrogen) atoms. The molecule has 0 spiro atoms. The van der Waals surface area contributed by atoms with Crippen LogP contribution in [-0.4, -0.2) is 77.1 Å². The van der Waals surface area contributed by atoms with Gasteiger partial charge in [0.1, 0.15) is 15.4 Å². The van der Waals surface area contributed by atoms with Gasteiger partial charge in [-0.3, -0.25) is 14.6 Å². The first-order valence-corrected chi connectivity index (χ1v) is 15.0. The van der Waals surface area contributed by atoms with E-state index >= 15 is 0 Å². The first-order valence-electron chi connectivity index (χ1n) is 13.3. The van der Waals surface area contributed by atoms with Crippen LogP contribution >= 0.6 is 22.7 Å². The van der Waals surface area contributed by atoms with E-state index in [2.05, 4.69) is 26.2 Å². The predicted molar refractivity (Wildman–Crippen MR) is 162 cm³/mol. The number of anilines is 1. The van der Waals surface area contributed by atoms with E-state index in [1.54, 1.807) is 7.11 Å². The molecule has 0 atom stereocenters. The van der Waals surface area contributed by atoms with Crippen LogP contribution in [0, 0.1) is 0 Å². The van der Waals surface area contributed by atoms with Crippen molar-refractivity contribution in [3.8, 4) is 21.8 Å². The van der Waals surface area contributed by atoms with Crippen molar-refractivity contribution in [2.45, 2.75) is 6.54 Å². The molecule has 8 nitrogen and oxygen atoms in total. The molecule has 1 fully saturated rings. The summed E-state index contributed by atoms with van der Waals surface area (Å²) in [7, 11) is 1.75. The van der Waals surface area contributed by atoms with Crippen LogP contribution in [0.1, 0.15) is 15.4 Å². The van der Waals surface area contributed by atoms with Crippen molar-refractivity contribution in [1.29, 1.82) is 0 Å². The zero-order valence-electron chi connectivity index (χ0n) is 22.2. The Morgan fingerprint density at radius 2 is 1.77 bits per heavy atom. The molecule has 1 aliphatic heterocycles. The number of nitrogens with one attached hydrogen (secondary N) is 1. The molecule has 10 heteroatoms. The molecule has 1 amide bonds. The summed E-state index contributed by atoms with van der Waals surface area (Å²) in [5.74, 6) is -0.233. The molecule has 1 N–H and O–H groups in total. The number of fused-ring (bicyclic) bond motifs is 1. The minimum absolute atomic E-state index is 0.233. The Labute approximate surface area is 241 Å². The molecule has 0 radical (unpaired) electrons. The fourth-order valence-corrected chi connectivity index (χ4v) is 6.44. The summed E-state index contributed by atoms with van der Waals surface area (Å²) >= 11 is 2.87. The molecule has 204 valence electrons. The Morgan fingerprint density at radius 1 is 1.00 bits per heavy atom. The maximum absolute atomic E-state index is 13.1. The largest absolute Gasteiger partial charge is 0.383 e. The number of thiazole rings is 2. The third-order valence-corrected chi connectivity index (χ3v) is 8.81. The summed E-state index contributed by atoms with van der Waals surface area (Å²) in [6, 6.07) is 19.8. The topological polar surface area (TPSA) is 83.5 Å². The molecule has 5 aromatic rings. The van der Waals surface area contributed by atoms with E-state index in [0.29, 0.717) is 10.7 Å². The second-order valence-corrected chi connectivity index (χ2v) is 11.5. The number of rotatable bonds is 9. The Hall–Kier alpha value is -3.54. The molecule has 1 saturated heterocycles. The van der Waals surface area contributed by atoms with Crippen LogP contribution in [0.5, 0.6) is 0 Å². The van der Waals surface area contributed by atoms with Gasteiger partial charge in [0.25, 0.3) is 5.91 Å². The molecular formula is C30H30N6O2S2. The average Bonchev–Trinajstić information content (AvgIpc) is 3.65. The minimum Gasteiger partial charge on any atom is -0.383 e. The van der Waals surface area contributed by atoms with Gasteiger partial charge in [0.15, 0.2) is 5.01 Å². The van der Waals surface area contributed by atoms with Crippen molar-refractivity contribution < 1.29 is 9.53 Å². The molecule has 0 saturated carbocycles. The van der Waals surface area contributed by atoms with Gasteiger partial charge in [-0.15, -0.1) is 11.3 Å². The lowest BCUT2D eigenvalue weighted by atomic mass is 10.2. The summed E-state index contributed by atoms with van der Waals surface area (Å²) in [5.41, 5.74) is 5.40. The van der Waals surface area contributed by atoms with Crippen molar-refractivity contribution in [3.63, 3.8) is 0 Å². The third-order valence-electron chi connectivity index (χ3n) is 6.96. The number of benzene rings is 2. The van der Waals surface area contributed by atoms with Gasteiger partial charge >= 0.3 is 0 Å². The highest BCUT2D eigenvalue weighted by molar-refractivity contribution is 7.21. The number of carbonyl (C=O) groups is 1. The Morgan fingerprint density at radius 3 is 2.60 bits per heavy atom. The van der Waals surface area contributed by atoms with Gasteiger partial charge < -0.3 is 10.1 Å². The van der Waals surface area contributed by atoms with Crippen LogP contribution in [0.15, 0.2) is 72.2 Å². The lowest BCUT2D eigenvalue weighted by Crippen LogP contribution is -2.46. The Bertz CT molecular complexity index is 1590. The number of amides is 1. The van der Waals surface area contributed by atoms with Gasteiger partial charge in [0.05, 0.1) is 18.0 Å². The van der Waals surface area contributed by atoms with E-state index in [-0.39, 0.29) is 5.91 Å². The van der Waals surface area contributed by atoms with Crippen LogP contribution in [0.25, 0.3) is 32.2 Å². The Kier molecular flexibility index (Phi) is 8.22. The zero-order valence-corrected chi connectivity index (χ0v) is 23.9. The molecule has 2 aromatic carbocycles. The van der Waals surface area contributed by atoms with Gasteiger partial charge in [-0.2, -0.15) is 0 Å². The van der Waals surface area contributed by atoms with Gasteiger partial charge in [0, 0.05) is 69.1 Å². The number of para-hydroxylation sites is 1. The monoisotopic (exact) mass is 570 g/mol. The summed E-state index contributed by atoms with van der Waals surface area (Å²) < 4.78 is 5.21. The zero-order chi connectivity index (χ0) is 27.3. The molecule has 1 aliphatic rings. The number of carbonyl (C=O) groups excluding carboxylic acids is 1. The number of piperazine rings is 1. The van der Waals surface area contributed by atoms with Crippen molar-refractivity contribution in [3.05, 3.63) is 82.8 Å². The third kappa shape index (κ3) is 6.11. The SMILES string of the molecule is COCCN1CCN(Cc2cnc3sc(-c4ccccc4NC(=O)c4nc(-c5ccccc5)cs4)nc3c2)CC1. The molecule has 0 unspecified atom stereocenters. The first-order chi connectivity index (χ1) is 19.7. The number of methoxy groups -OCH3 is 1. The Balaban J connectivity index is 1.15. The second-order valence-electron chi connectivity index (χ2n) is 9.70. The maximum atomic E-state index is 13.1. The van der Waals surface area contributed by atoms with Crippen LogP contribution < -0.4 is 5.32 Å². The van der Waals surface area contributed by atoms with E-state index in [9.17, 15) is 4.79 Å². The summed E-state index contributed by atoms with van der Waals surface area (Å²) in [5, 5.41) is 6.21. The van der Waals surface area contributed by atoms with Crippen molar-refractivity contribution in [2.75, 3.05) is 51.8 Å². The lowest BCUT2D eigenvalue weighted by Gasteiger charge is -2.34. The highest BCUT2D eigenvalue weighted by Gasteiger charge is 2.19. The average molecular weight is 571 g/mol. The molecule has 4 heterocycles. The number of hydrogen-bond acceptors (Lipinski definition) is 9. The fourth-order valence-electron chi connectivity index (χ4n) is 4.79. The highest BCUT2D eigenvalue weighted by Crippen LogP contribution is 2.34. The van der Waals surface area contributed by atoms with Gasteiger partial charge in [-0.05, 0) is 23.8 Å². The van der Waals surface area contributed by atoms with Crippen LogP contribution in [-0.2, 0) is 11.3 Å². The normalized spacial score (nSPS) is 14.5. The molecule has 0 aliphatic carbocycles. The summed E-state index contributed by atoms with van der Waals surface area (Å²) in [4.78, 5) is 33.1.